The largest absolute Gasteiger partial charge is 0.396 e. The number of amides is 1. The first-order valence-corrected chi connectivity index (χ1v) is 8.41. The molecule has 0 spiro atoms. The van der Waals surface area contributed by atoms with Gasteiger partial charge < -0.3 is 10.0 Å². The summed E-state index contributed by atoms with van der Waals surface area (Å²) in [5.74, 6) is 0.344. The van der Waals surface area contributed by atoms with Crippen LogP contribution in [0.1, 0.15) is 71.6 Å². The third kappa shape index (κ3) is 3.55. The van der Waals surface area contributed by atoms with Gasteiger partial charge in [-0.1, -0.05) is 33.1 Å². The first-order valence-electron chi connectivity index (χ1n) is 8.41. The fourth-order valence-electron chi connectivity index (χ4n) is 3.91. The van der Waals surface area contributed by atoms with Crippen molar-refractivity contribution in [2.45, 2.75) is 71.6 Å². The molecule has 2 rings (SSSR count). The van der Waals surface area contributed by atoms with E-state index < -0.39 is 0 Å². The summed E-state index contributed by atoms with van der Waals surface area (Å²) in [4.78, 5) is 14.6. The van der Waals surface area contributed by atoms with E-state index in [1.165, 1.54) is 32.1 Å². The monoisotopic (exact) mass is 281 g/mol. The van der Waals surface area contributed by atoms with Gasteiger partial charge in [-0.2, -0.15) is 0 Å². The number of aliphatic hydroxyl groups excluding tert-OH is 1. The number of piperidine rings is 1. The predicted molar refractivity (Wildman–Crippen MR) is 81.4 cm³/mol. The van der Waals surface area contributed by atoms with Crippen molar-refractivity contribution in [3.63, 3.8) is 0 Å². The number of hydrogen-bond donors (Lipinski definition) is 1. The van der Waals surface area contributed by atoms with E-state index in [-0.39, 0.29) is 17.4 Å². The van der Waals surface area contributed by atoms with Gasteiger partial charge in [-0.25, -0.2) is 0 Å². The molecule has 1 aliphatic carbocycles. The zero-order valence-electron chi connectivity index (χ0n) is 13.3. The van der Waals surface area contributed by atoms with Gasteiger partial charge in [0.2, 0.25) is 5.91 Å². The average molecular weight is 281 g/mol. The Labute approximate surface area is 123 Å². The second-order valence-electron chi connectivity index (χ2n) is 7.44. The molecule has 3 nitrogen and oxygen atoms in total. The van der Waals surface area contributed by atoms with Gasteiger partial charge in [-0.3, -0.25) is 4.79 Å². The topological polar surface area (TPSA) is 40.5 Å². The van der Waals surface area contributed by atoms with Crippen LogP contribution < -0.4 is 0 Å². The van der Waals surface area contributed by atoms with Gasteiger partial charge in [0.05, 0.1) is 0 Å². The molecule has 0 aromatic rings. The van der Waals surface area contributed by atoms with Crippen molar-refractivity contribution in [1.29, 1.82) is 0 Å². The molecule has 1 heterocycles. The van der Waals surface area contributed by atoms with Crippen LogP contribution in [-0.2, 0) is 4.79 Å². The van der Waals surface area contributed by atoms with Crippen molar-refractivity contribution < 1.29 is 9.90 Å². The minimum Gasteiger partial charge on any atom is -0.396 e. The van der Waals surface area contributed by atoms with E-state index in [1.54, 1.807) is 0 Å². The van der Waals surface area contributed by atoms with Crippen LogP contribution in [0.3, 0.4) is 0 Å². The summed E-state index contributed by atoms with van der Waals surface area (Å²) in [6.45, 7) is 6.38. The molecule has 116 valence electrons. The van der Waals surface area contributed by atoms with E-state index in [1.807, 2.05) is 4.90 Å². The molecule has 0 unspecified atom stereocenters. The van der Waals surface area contributed by atoms with Crippen molar-refractivity contribution in [2.75, 3.05) is 19.7 Å². The lowest BCUT2D eigenvalue weighted by Crippen LogP contribution is -2.45. The van der Waals surface area contributed by atoms with Gasteiger partial charge >= 0.3 is 0 Å². The van der Waals surface area contributed by atoms with Crippen molar-refractivity contribution in [1.82, 2.24) is 4.90 Å². The second kappa shape index (κ2) is 6.46. The summed E-state index contributed by atoms with van der Waals surface area (Å²) < 4.78 is 0. The summed E-state index contributed by atoms with van der Waals surface area (Å²) >= 11 is 0. The average Bonchev–Trinajstić information content (AvgIpc) is 2.47. The first kappa shape index (κ1) is 15.8. The minimum atomic E-state index is 0.0749. The molecule has 2 aliphatic rings. The van der Waals surface area contributed by atoms with Crippen LogP contribution in [-0.4, -0.2) is 35.6 Å². The van der Waals surface area contributed by atoms with E-state index in [9.17, 15) is 9.90 Å². The minimum absolute atomic E-state index is 0.0749. The molecule has 1 saturated carbocycles. The lowest BCUT2D eigenvalue weighted by atomic mass is 9.72. The number of aliphatic hydroxyl groups is 1. The second-order valence-corrected chi connectivity index (χ2v) is 7.44. The number of nitrogens with zero attached hydrogens (tertiary/aromatic N) is 1. The number of likely N-dealkylation sites (tertiary alicyclic amines) is 1. The molecule has 20 heavy (non-hydrogen) atoms. The Hall–Kier alpha value is -0.570. The van der Waals surface area contributed by atoms with Gasteiger partial charge in [0.15, 0.2) is 0 Å². The first-order chi connectivity index (χ1) is 9.52. The zero-order chi connectivity index (χ0) is 14.6. The molecule has 1 N–H and O–H groups in total. The van der Waals surface area contributed by atoms with Crippen LogP contribution in [0.4, 0.5) is 0 Å². The molecule has 0 atom stereocenters. The highest BCUT2D eigenvalue weighted by molar-refractivity contribution is 5.77. The molecule has 2 fully saturated rings. The maximum absolute atomic E-state index is 12.5. The predicted octanol–water partition coefficient (Wildman–Crippen LogP) is 3.36. The molecule has 0 aromatic heterocycles. The Kier molecular flexibility index (Phi) is 5.11. The summed E-state index contributed by atoms with van der Waals surface area (Å²) in [7, 11) is 0. The number of hydrogen-bond acceptors (Lipinski definition) is 2. The molecule has 0 bridgehead atoms. The lowest BCUT2D eigenvalue weighted by molar-refractivity contribution is -0.137. The fraction of sp³-hybridized carbons (Fsp3) is 0.941. The Bertz CT molecular complexity index is 320. The van der Waals surface area contributed by atoms with Gasteiger partial charge in [0.25, 0.3) is 0 Å². The fourth-order valence-corrected chi connectivity index (χ4v) is 3.91. The van der Waals surface area contributed by atoms with Crippen LogP contribution in [0.2, 0.25) is 0 Å². The molecular formula is C17H31NO2. The van der Waals surface area contributed by atoms with Gasteiger partial charge in [-0.05, 0) is 42.9 Å². The Balaban J connectivity index is 1.85. The highest BCUT2D eigenvalue weighted by Crippen LogP contribution is 2.40. The highest BCUT2D eigenvalue weighted by Gasteiger charge is 2.36. The highest BCUT2D eigenvalue weighted by atomic mass is 16.3. The normalized spacial score (nSPS) is 25.4. The molecular weight excluding hydrogens is 250 g/mol. The third-order valence-corrected chi connectivity index (χ3v) is 5.90. The maximum Gasteiger partial charge on any atom is 0.223 e. The number of rotatable bonds is 4. The van der Waals surface area contributed by atoms with Crippen molar-refractivity contribution in [3.05, 3.63) is 0 Å². The SMILES string of the molecule is CCC1(CO)CCN(C(=O)CC2(C)CCCCC2)CC1. The standard InChI is InChI=1S/C17H31NO2/c1-3-17(14-19)9-11-18(12-10-17)15(20)13-16(2)7-5-4-6-8-16/h19H,3-14H2,1-2H3. The molecule has 0 aromatic carbocycles. The summed E-state index contributed by atoms with van der Waals surface area (Å²) in [6, 6.07) is 0. The molecule has 1 saturated heterocycles. The van der Waals surface area contributed by atoms with E-state index >= 15 is 0 Å². The maximum atomic E-state index is 12.5. The third-order valence-electron chi connectivity index (χ3n) is 5.90. The van der Waals surface area contributed by atoms with E-state index in [4.69, 9.17) is 0 Å². The zero-order valence-corrected chi connectivity index (χ0v) is 13.3. The number of carbonyl (C=O) groups excluding carboxylic acids is 1. The Morgan fingerprint density at radius 1 is 1.10 bits per heavy atom. The van der Waals surface area contributed by atoms with E-state index in [0.717, 1.165) is 38.8 Å². The van der Waals surface area contributed by atoms with Crippen LogP contribution in [0.15, 0.2) is 0 Å². The molecule has 3 heteroatoms. The molecule has 0 radical (unpaired) electrons. The Morgan fingerprint density at radius 3 is 2.20 bits per heavy atom. The quantitative estimate of drug-likeness (QED) is 0.858. The van der Waals surface area contributed by atoms with Gasteiger partial charge in [-0.15, -0.1) is 0 Å². The van der Waals surface area contributed by atoms with E-state index in [2.05, 4.69) is 13.8 Å². The molecule has 1 amide bonds. The summed E-state index contributed by atoms with van der Waals surface area (Å²) in [5.41, 5.74) is 0.317. The van der Waals surface area contributed by atoms with Crippen molar-refractivity contribution in [3.8, 4) is 0 Å². The van der Waals surface area contributed by atoms with Crippen LogP contribution in [0.5, 0.6) is 0 Å². The van der Waals surface area contributed by atoms with Gasteiger partial charge in [0, 0.05) is 26.1 Å². The van der Waals surface area contributed by atoms with E-state index in [0.29, 0.717) is 5.91 Å². The smallest absolute Gasteiger partial charge is 0.223 e. The number of carbonyl (C=O) groups is 1. The van der Waals surface area contributed by atoms with Crippen molar-refractivity contribution in [2.24, 2.45) is 10.8 Å². The lowest BCUT2D eigenvalue weighted by Gasteiger charge is -2.42. The van der Waals surface area contributed by atoms with Crippen LogP contribution in [0, 0.1) is 10.8 Å². The Morgan fingerprint density at radius 2 is 1.70 bits per heavy atom. The van der Waals surface area contributed by atoms with Crippen LogP contribution >= 0.6 is 0 Å². The van der Waals surface area contributed by atoms with Crippen LogP contribution in [0.25, 0.3) is 0 Å². The summed E-state index contributed by atoms with van der Waals surface area (Å²) in [6.07, 6.45) is 9.99. The van der Waals surface area contributed by atoms with Gasteiger partial charge in [0.1, 0.15) is 0 Å². The molecule has 1 aliphatic heterocycles. The summed E-state index contributed by atoms with van der Waals surface area (Å²) in [5, 5.41) is 9.57. The van der Waals surface area contributed by atoms with Crippen molar-refractivity contribution >= 4 is 5.91 Å².